The molecule has 1 aliphatic rings. The van der Waals surface area contributed by atoms with Crippen molar-refractivity contribution in [2.45, 2.75) is 6.04 Å². The first-order chi connectivity index (χ1) is 6.86. The second-order valence-corrected chi connectivity index (χ2v) is 5.74. The summed E-state index contributed by atoms with van der Waals surface area (Å²) in [6.45, 7) is 3.41. The summed E-state index contributed by atoms with van der Waals surface area (Å²) in [7, 11) is 0. The van der Waals surface area contributed by atoms with E-state index in [4.69, 9.17) is 5.73 Å². The van der Waals surface area contributed by atoms with Crippen molar-refractivity contribution in [3.05, 3.63) is 22.4 Å². The maximum absolute atomic E-state index is 6.13. The van der Waals surface area contributed by atoms with E-state index in [9.17, 15) is 0 Å². The number of thiophene rings is 1. The summed E-state index contributed by atoms with van der Waals surface area (Å²) in [6, 6.07) is 4.41. The van der Waals surface area contributed by atoms with Crippen LogP contribution in [-0.2, 0) is 0 Å². The van der Waals surface area contributed by atoms with E-state index in [1.807, 2.05) is 11.8 Å². The van der Waals surface area contributed by atoms with Gasteiger partial charge in [0.2, 0.25) is 0 Å². The van der Waals surface area contributed by atoms with Crippen molar-refractivity contribution >= 4 is 23.1 Å². The molecule has 2 rings (SSSR count). The smallest absolute Gasteiger partial charge is 0.0519 e. The van der Waals surface area contributed by atoms with Gasteiger partial charge in [0.25, 0.3) is 0 Å². The number of rotatable bonds is 3. The number of thioether (sulfide) groups is 1. The Morgan fingerprint density at radius 3 is 2.86 bits per heavy atom. The van der Waals surface area contributed by atoms with Crippen LogP contribution < -0.4 is 5.73 Å². The molecule has 2 N–H and O–H groups in total. The van der Waals surface area contributed by atoms with E-state index in [0.29, 0.717) is 0 Å². The second kappa shape index (κ2) is 5.16. The van der Waals surface area contributed by atoms with Crippen LogP contribution in [0.4, 0.5) is 0 Å². The normalized spacial score (nSPS) is 20.9. The Labute approximate surface area is 93.5 Å². The van der Waals surface area contributed by atoms with Crippen molar-refractivity contribution in [3.63, 3.8) is 0 Å². The molecular formula is C10H16N2S2. The lowest BCUT2D eigenvalue weighted by Gasteiger charge is -2.28. The lowest BCUT2D eigenvalue weighted by Crippen LogP contribution is -2.37. The molecule has 78 valence electrons. The first kappa shape index (κ1) is 10.5. The fraction of sp³-hybridized carbons (Fsp3) is 0.600. The summed E-state index contributed by atoms with van der Waals surface area (Å²) in [5.74, 6) is 2.52. The highest BCUT2D eigenvalue weighted by atomic mass is 32.2. The van der Waals surface area contributed by atoms with Gasteiger partial charge in [0.05, 0.1) is 6.04 Å². The van der Waals surface area contributed by atoms with Crippen LogP contribution in [0.15, 0.2) is 17.5 Å². The molecule has 1 saturated heterocycles. The van der Waals surface area contributed by atoms with Crippen LogP contribution in [0.1, 0.15) is 10.9 Å². The molecule has 0 saturated carbocycles. The minimum Gasteiger partial charge on any atom is -0.322 e. The number of nitrogens with two attached hydrogens (primary N) is 1. The highest BCUT2D eigenvalue weighted by Gasteiger charge is 2.15. The maximum atomic E-state index is 6.13. The third-order valence-electron chi connectivity index (χ3n) is 2.47. The summed E-state index contributed by atoms with van der Waals surface area (Å²) >= 11 is 3.81. The molecule has 0 amide bonds. The monoisotopic (exact) mass is 228 g/mol. The Morgan fingerprint density at radius 2 is 2.21 bits per heavy atom. The Balaban J connectivity index is 1.84. The fourth-order valence-corrected chi connectivity index (χ4v) is 3.35. The molecule has 0 radical (unpaired) electrons. The van der Waals surface area contributed by atoms with Gasteiger partial charge in [-0.15, -0.1) is 11.3 Å². The lowest BCUT2D eigenvalue weighted by atomic mass is 10.2. The Bertz CT molecular complexity index is 255. The van der Waals surface area contributed by atoms with E-state index in [1.165, 1.54) is 29.5 Å². The van der Waals surface area contributed by atoms with Crippen LogP contribution in [0, 0.1) is 0 Å². The molecule has 1 fully saturated rings. The quantitative estimate of drug-likeness (QED) is 0.855. The molecule has 1 aromatic heterocycles. The molecule has 0 bridgehead atoms. The van der Waals surface area contributed by atoms with E-state index in [0.717, 1.165) is 6.54 Å². The van der Waals surface area contributed by atoms with E-state index in [-0.39, 0.29) is 6.04 Å². The van der Waals surface area contributed by atoms with Crippen LogP contribution in [0.5, 0.6) is 0 Å². The molecule has 14 heavy (non-hydrogen) atoms. The van der Waals surface area contributed by atoms with Crippen molar-refractivity contribution < 1.29 is 0 Å². The highest BCUT2D eigenvalue weighted by Crippen LogP contribution is 2.19. The summed E-state index contributed by atoms with van der Waals surface area (Å²) in [4.78, 5) is 3.78. The van der Waals surface area contributed by atoms with Crippen molar-refractivity contribution in [2.75, 3.05) is 31.1 Å². The van der Waals surface area contributed by atoms with E-state index in [2.05, 4.69) is 22.4 Å². The van der Waals surface area contributed by atoms with Gasteiger partial charge in [-0.25, -0.2) is 0 Å². The van der Waals surface area contributed by atoms with Crippen LogP contribution in [0.2, 0.25) is 0 Å². The van der Waals surface area contributed by atoms with Crippen LogP contribution in [-0.4, -0.2) is 36.0 Å². The van der Waals surface area contributed by atoms with Crippen molar-refractivity contribution in [1.82, 2.24) is 4.90 Å². The lowest BCUT2D eigenvalue weighted by molar-refractivity contribution is 0.285. The van der Waals surface area contributed by atoms with Gasteiger partial charge in [0.15, 0.2) is 0 Å². The number of hydrogen-bond donors (Lipinski definition) is 1. The van der Waals surface area contributed by atoms with E-state index < -0.39 is 0 Å². The fourth-order valence-electron chi connectivity index (χ4n) is 1.65. The van der Waals surface area contributed by atoms with Gasteiger partial charge in [-0.2, -0.15) is 11.8 Å². The van der Waals surface area contributed by atoms with Gasteiger partial charge in [0.1, 0.15) is 0 Å². The first-order valence-corrected chi connectivity index (χ1v) is 6.99. The average molecular weight is 228 g/mol. The topological polar surface area (TPSA) is 29.3 Å². The zero-order valence-electron chi connectivity index (χ0n) is 8.19. The number of hydrogen-bond acceptors (Lipinski definition) is 4. The molecular weight excluding hydrogens is 212 g/mol. The maximum Gasteiger partial charge on any atom is 0.0519 e. The minimum absolute atomic E-state index is 0.207. The summed E-state index contributed by atoms with van der Waals surface area (Å²) in [5.41, 5.74) is 6.13. The molecule has 2 heterocycles. The van der Waals surface area contributed by atoms with E-state index in [1.54, 1.807) is 11.3 Å². The molecule has 1 aliphatic heterocycles. The van der Waals surface area contributed by atoms with Gasteiger partial charge in [0, 0.05) is 36.0 Å². The van der Waals surface area contributed by atoms with Crippen LogP contribution >= 0.6 is 23.1 Å². The van der Waals surface area contributed by atoms with Crippen molar-refractivity contribution in [2.24, 2.45) is 5.73 Å². The standard InChI is InChI=1S/C10H16N2S2/c11-9(10-2-1-5-14-10)8-12-3-6-13-7-4-12/h1-2,5,9H,3-4,6-8,11H2. The first-order valence-electron chi connectivity index (χ1n) is 4.95. The molecule has 2 nitrogen and oxygen atoms in total. The third kappa shape index (κ3) is 2.73. The molecule has 1 atom stereocenters. The van der Waals surface area contributed by atoms with Crippen molar-refractivity contribution in [3.8, 4) is 0 Å². The number of nitrogens with zero attached hydrogens (tertiary/aromatic N) is 1. The molecule has 0 spiro atoms. The molecule has 1 aromatic rings. The van der Waals surface area contributed by atoms with Gasteiger partial charge in [-0.1, -0.05) is 6.07 Å². The average Bonchev–Trinajstić information content (AvgIpc) is 2.72. The highest BCUT2D eigenvalue weighted by molar-refractivity contribution is 7.99. The minimum atomic E-state index is 0.207. The van der Waals surface area contributed by atoms with Crippen LogP contribution in [0.3, 0.4) is 0 Å². The van der Waals surface area contributed by atoms with E-state index >= 15 is 0 Å². The third-order valence-corrected chi connectivity index (χ3v) is 4.41. The van der Waals surface area contributed by atoms with Gasteiger partial charge < -0.3 is 5.73 Å². The zero-order valence-corrected chi connectivity index (χ0v) is 9.82. The van der Waals surface area contributed by atoms with Gasteiger partial charge in [-0.05, 0) is 11.4 Å². The van der Waals surface area contributed by atoms with Gasteiger partial charge >= 0.3 is 0 Å². The van der Waals surface area contributed by atoms with Crippen LogP contribution in [0.25, 0.3) is 0 Å². The molecule has 0 aromatic carbocycles. The van der Waals surface area contributed by atoms with Gasteiger partial charge in [-0.3, -0.25) is 4.90 Å². The Morgan fingerprint density at radius 1 is 1.43 bits per heavy atom. The Hall–Kier alpha value is -0.0300. The second-order valence-electron chi connectivity index (χ2n) is 3.53. The summed E-state index contributed by atoms with van der Waals surface area (Å²) in [6.07, 6.45) is 0. The molecule has 4 heteroatoms. The Kier molecular flexibility index (Phi) is 3.87. The predicted molar refractivity (Wildman–Crippen MR) is 65.0 cm³/mol. The molecule has 1 unspecified atom stereocenters. The van der Waals surface area contributed by atoms with Crippen molar-refractivity contribution in [1.29, 1.82) is 0 Å². The molecule has 0 aliphatic carbocycles. The summed E-state index contributed by atoms with van der Waals surface area (Å²) < 4.78 is 0. The summed E-state index contributed by atoms with van der Waals surface area (Å²) in [5, 5.41) is 2.10. The zero-order chi connectivity index (χ0) is 9.80. The predicted octanol–water partition coefficient (Wildman–Crippen LogP) is 1.80. The SMILES string of the molecule is NC(CN1CCSCC1)c1cccs1. The largest absolute Gasteiger partial charge is 0.322 e.